The second-order valence-corrected chi connectivity index (χ2v) is 5.33. The molecule has 0 unspecified atom stereocenters. The van der Waals surface area contributed by atoms with Gasteiger partial charge in [0.15, 0.2) is 11.5 Å². The Morgan fingerprint density at radius 2 is 2.19 bits per heavy atom. The van der Waals surface area contributed by atoms with Gasteiger partial charge < -0.3 is 15.2 Å². The number of rotatable bonds is 1. The lowest BCUT2D eigenvalue weighted by atomic mass is 10.1. The van der Waals surface area contributed by atoms with Gasteiger partial charge in [-0.3, -0.25) is 4.40 Å². The Kier molecular flexibility index (Phi) is 2.53. The fourth-order valence-electron chi connectivity index (χ4n) is 2.54. The third-order valence-electron chi connectivity index (χ3n) is 3.58. The first-order valence-corrected chi connectivity index (χ1v) is 6.85. The molecule has 2 N–H and O–H groups in total. The van der Waals surface area contributed by atoms with Gasteiger partial charge in [-0.2, -0.15) is 0 Å². The number of nitrogens with zero attached hydrogens (tertiary/aromatic N) is 2. The third-order valence-corrected chi connectivity index (χ3v) is 3.86. The van der Waals surface area contributed by atoms with Crippen molar-refractivity contribution in [3.8, 4) is 22.8 Å². The Balaban J connectivity index is 1.97. The number of benzene rings is 1. The van der Waals surface area contributed by atoms with E-state index in [-0.39, 0.29) is 6.79 Å². The van der Waals surface area contributed by atoms with Crippen molar-refractivity contribution >= 4 is 23.1 Å². The highest BCUT2D eigenvalue weighted by atomic mass is 35.5. The van der Waals surface area contributed by atoms with Crippen LogP contribution in [0.1, 0.15) is 5.56 Å². The average Bonchev–Trinajstić information content (AvgIpc) is 3.05. The van der Waals surface area contributed by atoms with E-state index >= 15 is 0 Å². The molecule has 0 aliphatic carbocycles. The summed E-state index contributed by atoms with van der Waals surface area (Å²) in [6.45, 7) is 2.18. The van der Waals surface area contributed by atoms with Crippen LogP contribution in [0.3, 0.4) is 0 Å². The minimum atomic E-state index is 0.179. The van der Waals surface area contributed by atoms with E-state index in [1.807, 2.05) is 35.7 Å². The normalized spacial score (nSPS) is 13.0. The van der Waals surface area contributed by atoms with E-state index in [0.717, 1.165) is 16.8 Å². The third kappa shape index (κ3) is 1.74. The van der Waals surface area contributed by atoms with Gasteiger partial charge in [-0.05, 0) is 30.7 Å². The van der Waals surface area contributed by atoms with Crippen LogP contribution in [0.4, 0.5) is 5.82 Å². The minimum Gasteiger partial charge on any atom is -0.454 e. The number of fused-ring (bicyclic) bond motifs is 2. The first-order chi connectivity index (χ1) is 10.1. The van der Waals surface area contributed by atoms with Gasteiger partial charge >= 0.3 is 0 Å². The molecule has 21 heavy (non-hydrogen) atoms. The van der Waals surface area contributed by atoms with Gasteiger partial charge in [-0.1, -0.05) is 17.7 Å². The quantitative estimate of drug-likeness (QED) is 0.749. The number of anilines is 1. The molecule has 0 bridgehead atoms. The van der Waals surface area contributed by atoms with Crippen molar-refractivity contribution in [3.05, 3.63) is 41.0 Å². The Morgan fingerprint density at radius 1 is 1.33 bits per heavy atom. The number of imidazole rings is 1. The number of halogens is 1. The summed E-state index contributed by atoms with van der Waals surface area (Å²) in [5, 5.41) is 0.494. The average molecular weight is 302 g/mol. The van der Waals surface area contributed by atoms with Crippen LogP contribution in [-0.2, 0) is 0 Å². The molecule has 0 spiro atoms. The van der Waals surface area contributed by atoms with Crippen LogP contribution in [0.15, 0.2) is 30.5 Å². The van der Waals surface area contributed by atoms with Crippen molar-refractivity contribution in [1.82, 2.24) is 9.38 Å². The molecule has 2 aromatic heterocycles. The fourth-order valence-corrected chi connectivity index (χ4v) is 2.80. The highest BCUT2D eigenvalue weighted by Gasteiger charge is 2.21. The van der Waals surface area contributed by atoms with E-state index in [2.05, 4.69) is 4.98 Å². The lowest BCUT2D eigenvalue weighted by molar-refractivity contribution is 0.174. The number of hydrogen-bond donors (Lipinski definition) is 1. The molecule has 1 aliphatic rings. The Labute approximate surface area is 125 Å². The van der Waals surface area contributed by atoms with E-state index in [1.54, 1.807) is 6.07 Å². The molecule has 0 fully saturated rings. The Bertz CT molecular complexity index is 873. The fraction of sp³-hybridized carbons (Fsp3) is 0.133. The van der Waals surface area contributed by atoms with Gasteiger partial charge in [0, 0.05) is 11.8 Å². The predicted molar refractivity (Wildman–Crippen MR) is 80.9 cm³/mol. The summed E-state index contributed by atoms with van der Waals surface area (Å²) in [4.78, 5) is 4.63. The van der Waals surface area contributed by atoms with Crippen molar-refractivity contribution in [2.45, 2.75) is 6.92 Å². The van der Waals surface area contributed by atoms with E-state index in [9.17, 15) is 0 Å². The molecular weight excluding hydrogens is 290 g/mol. The zero-order valence-corrected chi connectivity index (χ0v) is 12.0. The highest BCUT2D eigenvalue weighted by Crippen LogP contribution is 2.43. The van der Waals surface area contributed by atoms with E-state index < -0.39 is 0 Å². The largest absolute Gasteiger partial charge is 0.454 e. The molecule has 0 saturated heterocycles. The maximum absolute atomic E-state index is 6.23. The van der Waals surface area contributed by atoms with Crippen LogP contribution in [0, 0.1) is 6.92 Å². The van der Waals surface area contributed by atoms with Gasteiger partial charge in [0.25, 0.3) is 0 Å². The lowest BCUT2D eigenvalue weighted by Gasteiger charge is -2.03. The van der Waals surface area contributed by atoms with E-state index in [0.29, 0.717) is 28.0 Å². The maximum atomic E-state index is 6.23. The number of ether oxygens (including phenoxy) is 2. The molecule has 0 atom stereocenters. The van der Waals surface area contributed by atoms with Gasteiger partial charge in [0.2, 0.25) is 6.79 Å². The Hall–Kier alpha value is -2.40. The SMILES string of the molecule is Cc1cccn2c(N)c(-c3cc(Cl)c4c(c3)OCO4)nc12. The van der Waals surface area contributed by atoms with Gasteiger partial charge in [0.05, 0.1) is 5.02 Å². The van der Waals surface area contributed by atoms with Crippen molar-refractivity contribution in [3.63, 3.8) is 0 Å². The standard InChI is InChI=1S/C15H12ClN3O2/c1-8-3-2-4-19-14(17)12(18-15(8)19)9-5-10(16)13-11(6-9)20-7-21-13/h2-6H,7,17H2,1H3. The summed E-state index contributed by atoms with van der Waals surface area (Å²) >= 11 is 6.23. The second kappa shape index (κ2) is 4.30. The van der Waals surface area contributed by atoms with Crippen LogP contribution in [0.25, 0.3) is 16.9 Å². The molecule has 0 amide bonds. The summed E-state index contributed by atoms with van der Waals surface area (Å²) in [7, 11) is 0. The maximum Gasteiger partial charge on any atom is 0.231 e. The molecular formula is C15H12ClN3O2. The molecule has 3 heterocycles. The van der Waals surface area contributed by atoms with Crippen LogP contribution in [0.5, 0.6) is 11.5 Å². The summed E-state index contributed by atoms with van der Waals surface area (Å²) in [6.07, 6.45) is 1.89. The highest BCUT2D eigenvalue weighted by molar-refractivity contribution is 6.32. The topological polar surface area (TPSA) is 61.8 Å². The number of nitrogens with two attached hydrogens (primary N) is 1. The molecule has 3 aromatic rings. The zero-order valence-electron chi connectivity index (χ0n) is 11.3. The van der Waals surface area contributed by atoms with Crippen LogP contribution in [-0.4, -0.2) is 16.2 Å². The number of nitrogen functional groups attached to an aromatic ring is 1. The number of aromatic nitrogens is 2. The van der Waals surface area contributed by atoms with Crippen LogP contribution in [0.2, 0.25) is 5.02 Å². The van der Waals surface area contributed by atoms with Crippen molar-refractivity contribution in [2.24, 2.45) is 0 Å². The van der Waals surface area contributed by atoms with Gasteiger partial charge in [-0.25, -0.2) is 4.98 Å². The molecule has 6 heteroatoms. The molecule has 4 rings (SSSR count). The first kappa shape index (κ1) is 12.3. The number of hydrogen-bond acceptors (Lipinski definition) is 4. The van der Waals surface area contributed by atoms with Crippen molar-refractivity contribution in [1.29, 1.82) is 0 Å². The summed E-state index contributed by atoms with van der Waals surface area (Å²) < 4.78 is 12.6. The minimum absolute atomic E-state index is 0.179. The van der Waals surface area contributed by atoms with Gasteiger partial charge in [0.1, 0.15) is 17.2 Å². The predicted octanol–water partition coefficient (Wildman–Crippen LogP) is 3.27. The number of pyridine rings is 1. The van der Waals surface area contributed by atoms with Crippen LogP contribution < -0.4 is 15.2 Å². The Morgan fingerprint density at radius 3 is 3.00 bits per heavy atom. The second-order valence-electron chi connectivity index (χ2n) is 4.92. The zero-order chi connectivity index (χ0) is 14.6. The lowest BCUT2D eigenvalue weighted by Crippen LogP contribution is -1.94. The summed E-state index contributed by atoms with van der Waals surface area (Å²) in [5.74, 6) is 1.76. The monoisotopic (exact) mass is 301 g/mol. The molecule has 5 nitrogen and oxygen atoms in total. The molecule has 0 radical (unpaired) electrons. The van der Waals surface area contributed by atoms with Gasteiger partial charge in [-0.15, -0.1) is 0 Å². The first-order valence-electron chi connectivity index (χ1n) is 6.48. The van der Waals surface area contributed by atoms with Crippen molar-refractivity contribution < 1.29 is 9.47 Å². The van der Waals surface area contributed by atoms with E-state index in [1.165, 1.54) is 0 Å². The molecule has 106 valence electrons. The summed E-state index contributed by atoms with van der Waals surface area (Å²) in [5.41, 5.74) is 9.61. The number of aryl methyl sites for hydroxylation is 1. The van der Waals surface area contributed by atoms with E-state index in [4.69, 9.17) is 26.8 Å². The molecule has 1 aliphatic heterocycles. The molecule has 1 aromatic carbocycles. The summed E-state index contributed by atoms with van der Waals surface area (Å²) in [6, 6.07) is 7.58. The van der Waals surface area contributed by atoms with Crippen LogP contribution >= 0.6 is 11.6 Å². The molecule has 0 saturated carbocycles. The smallest absolute Gasteiger partial charge is 0.231 e. The van der Waals surface area contributed by atoms with Crippen molar-refractivity contribution in [2.75, 3.05) is 12.5 Å².